The van der Waals surface area contributed by atoms with Crippen LogP contribution in [0.3, 0.4) is 0 Å². The fourth-order valence-electron chi connectivity index (χ4n) is 2.45. The maximum atomic E-state index is 11.4. The third-order valence-corrected chi connectivity index (χ3v) is 5.08. The number of rotatable bonds is 1. The molecule has 2 atom stereocenters. The maximum absolute atomic E-state index is 11.4. The zero-order chi connectivity index (χ0) is 9.53. The van der Waals surface area contributed by atoms with Gasteiger partial charge in [-0.2, -0.15) is 0 Å². The third kappa shape index (κ3) is 1.49. The molecule has 4 nitrogen and oxygen atoms in total. The minimum atomic E-state index is -2.82. The van der Waals surface area contributed by atoms with Crippen LogP contribution in [0.1, 0.15) is 12.8 Å². The lowest BCUT2D eigenvalue weighted by Crippen LogP contribution is -2.37. The minimum Gasteiger partial charge on any atom is -0.376 e. The molecule has 2 heterocycles. The van der Waals surface area contributed by atoms with Crippen LogP contribution in [0.25, 0.3) is 0 Å². The van der Waals surface area contributed by atoms with Crippen molar-refractivity contribution in [3.63, 3.8) is 0 Å². The Morgan fingerprint density at radius 3 is 2.77 bits per heavy atom. The smallest absolute Gasteiger partial charge is 0.150 e. The lowest BCUT2D eigenvalue weighted by Gasteiger charge is -2.26. The molecule has 0 radical (unpaired) electrons. The van der Waals surface area contributed by atoms with Crippen molar-refractivity contribution in [1.29, 1.82) is 0 Å². The summed E-state index contributed by atoms with van der Waals surface area (Å²) in [5.41, 5.74) is 5.41. The summed E-state index contributed by atoms with van der Waals surface area (Å²) in [6, 6.07) is 0. The van der Waals surface area contributed by atoms with E-state index in [9.17, 15) is 8.42 Å². The molecule has 0 aromatic carbocycles. The SMILES string of the molecule is NCC1OCCC12CCS(=O)(=O)C2. The zero-order valence-corrected chi connectivity index (χ0v) is 8.35. The van der Waals surface area contributed by atoms with E-state index in [1.54, 1.807) is 0 Å². The fraction of sp³-hybridized carbons (Fsp3) is 1.00. The van der Waals surface area contributed by atoms with Gasteiger partial charge in [-0.25, -0.2) is 8.42 Å². The van der Waals surface area contributed by atoms with Gasteiger partial charge in [0.05, 0.1) is 17.6 Å². The highest BCUT2D eigenvalue weighted by Gasteiger charge is 2.50. The molecule has 0 aromatic heterocycles. The standard InChI is InChI=1S/C8H15NO3S/c9-5-7-8(1-3-12-7)2-4-13(10,11)6-8/h7H,1-6,9H2. The lowest BCUT2D eigenvalue weighted by atomic mass is 9.81. The largest absolute Gasteiger partial charge is 0.376 e. The summed E-state index contributed by atoms with van der Waals surface area (Å²) >= 11 is 0. The van der Waals surface area contributed by atoms with E-state index in [0.29, 0.717) is 18.9 Å². The molecule has 0 saturated carbocycles. The molecular weight excluding hydrogens is 190 g/mol. The fourth-order valence-corrected chi connectivity index (χ4v) is 4.66. The molecule has 2 N–H and O–H groups in total. The Balaban J connectivity index is 2.22. The van der Waals surface area contributed by atoms with Crippen molar-refractivity contribution in [2.75, 3.05) is 24.7 Å². The molecule has 0 aliphatic carbocycles. The third-order valence-electron chi connectivity index (χ3n) is 3.23. The number of hydrogen-bond donors (Lipinski definition) is 1. The quantitative estimate of drug-likeness (QED) is 0.629. The van der Waals surface area contributed by atoms with Crippen LogP contribution in [0.15, 0.2) is 0 Å². The molecule has 13 heavy (non-hydrogen) atoms. The van der Waals surface area contributed by atoms with Gasteiger partial charge in [0, 0.05) is 18.6 Å². The summed E-state index contributed by atoms with van der Waals surface area (Å²) in [7, 11) is -2.82. The predicted octanol–water partition coefficient (Wildman–Crippen LogP) is -0.461. The molecule has 2 saturated heterocycles. The van der Waals surface area contributed by atoms with E-state index in [-0.39, 0.29) is 17.3 Å². The molecule has 76 valence electrons. The van der Waals surface area contributed by atoms with Crippen LogP contribution in [-0.2, 0) is 14.6 Å². The molecule has 2 aliphatic rings. The molecule has 0 bridgehead atoms. The van der Waals surface area contributed by atoms with Crippen molar-refractivity contribution in [3.05, 3.63) is 0 Å². The normalized spacial score (nSPS) is 43.0. The highest BCUT2D eigenvalue weighted by Crippen LogP contribution is 2.43. The molecule has 2 rings (SSSR count). The average molecular weight is 205 g/mol. The first-order valence-corrected chi connectivity index (χ1v) is 6.42. The van der Waals surface area contributed by atoms with Crippen LogP contribution in [0.5, 0.6) is 0 Å². The second-order valence-corrected chi connectivity index (χ2v) is 6.23. The van der Waals surface area contributed by atoms with Crippen molar-refractivity contribution in [2.45, 2.75) is 18.9 Å². The van der Waals surface area contributed by atoms with Gasteiger partial charge in [0.25, 0.3) is 0 Å². The van der Waals surface area contributed by atoms with Gasteiger partial charge < -0.3 is 10.5 Å². The van der Waals surface area contributed by atoms with Crippen LogP contribution in [0, 0.1) is 5.41 Å². The zero-order valence-electron chi connectivity index (χ0n) is 7.53. The predicted molar refractivity (Wildman–Crippen MR) is 49.1 cm³/mol. The molecule has 5 heteroatoms. The molecule has 2 unspecified atom stereocenters. The molecule has 2 fully saturated rings. The Kier molecular flexibility index (Phi) is 2.13. The summed E-state index contributed by atoms with van der Waals surface area (Å²) in [5.74, 6) is 0.592. The van der Waals surface area contributed by atoms with Gasteiger partial charge in [-0.1, -0.05) is 0 Å². The Bertz CT molecular complexity index is 301. The minimum absolute atomic E-state index is 0.0372. The van der Waals surface area contributed by atoms with Crippen molar-refractivity contribution in [2.24, 2.45) is 11.1 Å². The van der Waals surface area contributed by atoms with E-state index in [2.05, 4.69) is 0 Å². The van der Waals surface area contributed by atoms with Crippen molar-refractivity contribution in [1.82, 2.24) is 0 Å². The van der Waals surface area contributed by atoms with Gasteiger partial charge in [0.2, 0.25) is 0 Å². The number of hydrogen-bond acceptors (Lipinski definition) is 4. The highest BCUT2D eigenvalue weighted by molar-refractivity contribution is 7.91. The summed E-state index contributed by atoms with van der Waals surface area (Å²) in [6.07, 6.45) is 1.55. The second kappa shape index (κ2) is 2.93. The Labute approximate surface area is 78.4 Å². The molecule has 2 aliphatic heterocycles. The van der Waals surface area contributed by atoms with E-state index in [0.717, 1.165) is 12.8 Å². The van der Waals surface area contributed by atoms with Gasteiger partial charge in [0.15, 0.2) is 9.84 Å². The van der Waals surface area contributed by atoms with Gasteiger partial charge in [-0.15, -0.1) is 0 Å². The number of nitrogens with two attached hydrogens (primary N) is 1. The van der Waals surface area contributed by atoms with E-state index >= 15 is 0 Å². The van der Waals surface area contributed by atoms with Crippen LogP contribution < -0.4 is 5.73 Å². The summed E-state index contributed by atoms with van der Waals surface area (Å²) in [5, 5.41) is 0. The van der Waals surface area contributed by atoms with Crippen LogP contribution in [-0.4, -0.2) is 39.2 Å². The Morgan fingerprint density at radius 1 is 1.46 bits per heavy atom. The van der Waals surface area contributed by atoms with E-state index in [4.69, 9.17) is 10.5 Å². The van der Waals surface area contributed by atoms with Gasteiger partial charge >= 0.3 is 0 Å². The number of sulfone groups is 1. The Hall–Kier alpha value is -0.130. The lowest BCUT2D eigenvalue weighted by molar-refractivity contribution is 0.0666. The van der Waals surface area contributed by atoms with E-state index < -0.39 is 9.84 Å². The summed E-state index contributed by atoms with van der Waals surface area (Å²) < 4.78 is 28.2. The summed E-state index contributed by atoms with van der Waals surface area (Å²) in [4.78, 5) is 0. The van der Waals surface area contributed by atoms with Crippen LogP contribution in [0.2, 0.25) is 0 Å². The van der Waals surface area contributed by atoms with Crippen molar-refractivity contribution >= 4 is 9.84 Å². The van der Waals surface area contributed by atoms with Crippen molar-refractivity contribution < 1.29 is 13.2 Å². The highest BCUT2D eigenvalue weighted by atomic mass is 32.2. The number of ether oxygens (including phenoxy) is 1. The van der Waals surface area contributed by atoms with Crippen LogP contribution >= 0.6 is 0 Å². The van der Waals surface area contributed by atoms with E-state index in [1.165, 1.54) is 0 Å². The van der Waals surface area contributed by atoms with Crippen LogP contribution in [0.4, 0.5) is 0 Å². The first-order valence-electron chi connectivity index (χ1n) is 4.60. The molecule has 1 spiro atoms. The second-order valence-electron chi connectivity index (χ2n) is 4.05. The average Bonchev–Trinajstić information content (AvgIpc) is 2.57. The first kappa shape index (κ1) is 9.43. The molecule has 0 amide bonds. The van der Waals surface area contributed by atoms with Gasteiger partial charge in [0.1, 0.15) is 0 Å². The Morgan fingerprint density at radius 2 is 2.23 bits per heavy atom. The summed E-state index contributed by atoms with van der Waals surface area (Å²) in [6.45, 7) is 1.10. The first-order chi connectivity index (χ1) is 6.08. The maximum Gasteiger partial charge on any atom is 0.150 e. The topological polar surface area (TPSA) is 69.4 Å². The van der Waals surface area contributed by atoms with Gasteiger partial charge in [-0.3, -0.25) is 0 Å². The monoisotopic (exact) mass is 205 g/mol. The van der Waals surface area contributed by atoms with Crippen molar-refractivity contribution in [3.8, 4) is 0 Å². The molecule has 0 aromatic rings. The molecular formula is C8H15NO3S. The van der Waals surface area contributed by atoms with E-state index in [1.807, 2.05) is 0 Å². The van der Waals surface area contributed by atoms with Gasteiger partial charge in [-0.05, 0) is 12.8 Å².